The fraction of sp³-hybridized carbons (Fsp3) is 0.222. The lowest BCUT2D eigenvalue weighted by atomic mass is 10.2. The zero-order chi connectivity index (χ0) is 9.97. The summed E-state index contributed by atoms with van der Waals surface area (Å²) < 4.78 is 4.87. The first kappa shape index (κ1) is 9.08. The Bertz CT molecular complexity index is 467. The molecule has 4 nitrogen and oxygen atoms in total. The number of esters is 1. The maximum atomic E-state index is 11.4. The number of hydrogen-bond donors (Lipinski definition) is 0. The SMILES string of the molecule is CCOC(=O)c1nncc2cscc12. The van der Waals surface area contributed by atoms with Crippen LogP contribution < -0.4 is 0 Å². The molecule has 0 radical (unpaired) electrons. The highest BCUT2D eigenvalue weighted by Crippen LogP contribution is 2.20. The van der Waals surface area contributed by atoms with E-state index in [2.05, 4.69) is 10.2 Å². The van der Waals surface area contributed by atoms with Crippen molar-refractivity contribution < 1.29 is 9.53 Å². The molecule has 0 saturated carbocycles. The second-order valence-electron chi connectivity index (χ2n) is 2.65. The number of hydrogen-bond acceptors (Lipinski definition) is 5. The number of thiophene rings is 1. The molecule has 0 bridgehead atoms. The van der Waals surface area contributed by atoms with Crippen molar-refractivity contribution in [2.24, 2.45) is 0 Å². The van der Waals surface area contributed by atoms with Gasteiger partial charge in [-0.3, -0.25) is 0 Å². The second-order valence-corrected chi connectivity index (χ2v) is 3.40. The fourth-order valence-corrected chi connectivity index (χ4v) is 1.94. The smallest absolute Gasteiger partial charge is 0.359 e. The van der Waals surface area contributed by atoms with Gasteiger partial charge in [0.15, 0.2) is 5.69 Å². The summed E-state index contributed by atoms with van der Waals surface area (Å²) in [5.74, 6) is -0.413. The highest BCUT2D eigenvalue weighted by molar-refractivity contribution is 7.09. The topological polar surface area (TPSA) is 52.1 Å². The maximum Gasteiger partial charge on any atom is 0.359 e. The summed E-state index contributed by atoms with van der Waals surface area (Å²) in [6, 6.07) is 0. The first-order valence-corrected chi connectivity index (χ1v) is 5.12. The molecule has 0 N–H and O–H groups in total. The summed E-state index contributed by atoms with van der Waals surface area (Å²) in [7, 11) is 0. The van der Waals surface area contributed by atoms with Gasteiger partial charge in [-0.15, -0.1) is 5.10 Å². The Balaban J connectivity index is 2.50. The predicted octanol–water partition coefficient (Wildman–Crippen LogP) is 1.87. The Hall–Kier alpha value is -1.49. The first-order valence-electron chi connectivity index (χ1n) is 4.17. The summed E-state index contributed by atoms with van der Waals surface area (Å²) in [5.41, 5.74) is 0.297. The third kappa shape index (κ3) is 1.46. The van der Waals surface area contributed by atoms with Gasteiger partial charge in [0.2, 0.25) is 0 Å². The first-order chi connectivity index (χ1) is 6.83. The standard InChI is InChI=1S/C9H8N2O2S/c1-2-13-9(12)8-7-5-14-4-6(7)3-10-11-8/h3-5H,2H2,1H3. The molecular weight excluding hydrogens is 200 g/mol. The van der Waals surface area contributed by atoms with Gasteiger partial charge in [0.05, 0.1) is 12.8 Å². The lowest BCUT2D eigenvalue weighted by Gasteiger charge is -2.00. The van der Waals surface area contributed by atoms with Gasteiger partial charge in [0.1, 0.15) is 0 Å². The number of fused-ring (bicyclic) bond motifs is 1. The number of carbonyl (C=O) groups is 1. The molecule has 0 aliphatic heterocycles. The summed E-state index contributed by atoms with van der Waals surface area (Å²) in [6.07, 6.45) is 1.63. The second kappa shape index (κ2) is 3.71. The molecular formula is C9H8N2O2S. The van der Waals surface area contributed by atoms with Crippen LogP contribution in [0.4, 0.5) is 0 Å². The van der Waals surface area contributed by atoms with Crippen LogP contribution in [0.3, 0.4) is 0 Å². The quantitative estimate of drug-likeness (QED) is 0.707. The van der Waals surface area contributed by atoms with E-state index in [0.717, 1.165) is 10.8 Å². The Morgan fingerprint density at radius 1 is 1.57 bits per heavy atom. The Kier molecular flexibility index (Phi) is 2.41. The summed E-state index contributed by atoms with van der Waals surface area (Å²) in [6.45, 7) is 2.11. The van der Waals surface area contributed by atoms with E-state index < -0.39 is 5.97 Å². The number of nitrogens with zero attached hydrogens (tertiary/aromatic N) is 2. The molecule has 0 atom stereocenters. The zero-order valence-corrected chi connectivity index (χ0v) is 8.37. The molecule has 2 aromatic heterocycles. The van der Waals surface area contributed by atoms with Crippen molar-refractivity contribution in [1.29, 1.82) is 0 Å². The number of aromatic nitrogens is 2. The van der Waals surface area contributed by atoms with Crippen molar-refractivity contribution >= 4 is 28.1 Å². The number of rotatable bonds is 2. The van der Waals surface area contributed by atoms with Gasteiger partial charge >= 0.3 is 5.97 Å². The van der Waals surface area contributed by atoms with E-state index in [4.69, 9.17) is 4.74 Å². The third-order valence-electron chi connectivity index (χ3n) is 1.77. The minimum atomic E-state index is -0.413. The maximum absolute atomic E-state index is 11.4. The van der Waals surface area contributed by atoms with E-state index in [0.29, 0.717) is 12.3 Å². The van der Waals surface area contributed by atoms with E-state index >= 15 is 0 Å². The van der Waals surface area contributed by atoms with Crippen molar-refractivity contribution in [3.8, 4) is 0 Å². The van der Waals surface area contributed by atoms with Crippen molar-refractivity contribution in [3.05, 3.63) is 22.7 Å². The molecule has 2 rings (SSSR count). The monoisotopic (exact) mass is 208 g/mol. The predicted molar refractivity (Wildman–Crippen MR) is 53.4 cm³/mol. The van der Waals surface area contributed by atoms with Crippen LogP contribution in [0.5, 0.6) is 0 Å². The summed E-state index contributed by atoms with van der Waals surface area (Å²) in [5, 5.41) is 13.1. The molecule has 2 heterocycles. The van der Waals surface area contributed by atoms with Gasteiger partial charge in [-0.2, -0.15) is 16.4 Å². The molecule has 0 spiro atoms. The van der Waals surface area contributed by atoms with Crippen molar-refractivity contribution in [1.82, 2.24) is 10.2 Å². The molecule has 0 amide bonds. The van der Waals surface area contributed by atoms with Gasteiger partial charge in [-0.05, 0) is 6.92 Å². The van der Waals surface area contributed by atoms with Gasteiger partial charge < -0.3 is 4.74 Å². The van der Waals surface area contributed by atoms with Crippen molar-refractivity contribution in [2.75, 3.05) is 6.61 Å². The zero-order valence-electron chi connectivity index (χ0n) is 7.56. The molecule has 14 heavy (non-hydrogen) atoms. The summed E-state index contributed by atoms with van der Waals surface area (Å²) in [4.78, 5) is 11.4. The minimum Gasteiger partial charge on any atom is -0.461 e. The normalized spacial score (nSPS) is 10.4. The van der Waals surface area contributed by atoms with Crippen LogP contribution in [0.2, 0.25) is 0 Å². The van der Waals surface area contributed by atoms with E-state index in [1.54, 1.807) is 13.1 Å². The molecule has 0 fully saturated rings. The van der Waals surface area contributed by atoms with E-state index in [1.807, 2.05) is 10.8 Å². The van der Waals surface area contributed by atoms with Crippen LogP contribution in [0.15, 0.2) is 17.0 Å². The average molecular weight is 208 g/mol. The molecule has 5 heteroatoms. The Morgan fingerprint density at radius 2 is 2.43 bits per heavy atom. The van der Waals surface area contributed by atoms with Crippen LogP contribution in [0, 0.1) is 0 Å². The van der Waals surface area contributed by atoms with Gasteiger partial charge in [-0.1, -0.05) is 0 Å². The van der Waals surface area contributed by atoms with E-state index in [-0.39, 0.29) is 0 Å². The third-order valence-corrected chi connectivity index (χ3v) is 2.53. The van der Waals surface area contributed by atoms with Crippen molar-refractivity contribution in [2.45, 2.75) is 6.92 Å². The van der Waals surface area contributed by atoms with Crippen LogP contribution in [-0.2, 0) is 4.74 Å². The molecule has 2 aromatic rings. The lowest BCUT2D eigenvalue weighted by Crippen LogP contribution is -2.08. The van der Waals surface area contributed by atoms with Gasteiger partial charge in [0, 0.05) is 21.5 Å². The van der Waals surface area contributed by atoms with Gasteiger partial charge in [0.25, 0.3) is 0 Å². The average Bonchev–Trinajstić information content (AvgIpc) is 2.65. The molecule has 0 unspecified atom stereocenters. The summed E-state index contributed by atoms with van der Waals surface area (Å²) >= 11 is 1.51. The molecule has 72 valence electrons. The molecule has 0 aliphatic rings. The van der Waals surface area contributed by atoms with Crippen LogP contribution in [0.1, 0.15) is 17.4 Å². The van der Waals surface area contributed by atoms with Crippen LogP contribution in [0.25, 0.3) is 10.8 Å². The minimum absolute atomic E-state index is 0.297. The highest BCUT2D eigenvalue weighted by Gasteiger charge is 2.13. The number of carbonyl (C=O) groups excluding carboxylic acids is 1. The van der Waals surface area contributed by atoms with Crippen LogP contribution >= 0.6 is 11.3 Å². The largest absolute Gasteiger partial charge is 0.461 e. The fourth-order valence-electron chi connectivity index (χ4n) is 1.15. The van der Waals surface area contributed by atoms with Gasteiger partial charge in [-0.25, -0.2) is 4.79 Å². The van der Waals surface area contributed by atoms with E-state index in [9.17, 15) is 4.79 Å². The Morgan fingerprint density at radius 3 is 3.21 bits per heavy atom. The lowest BCUT2D eigenvalue weighted by molar-refractivity contribution is 0.0521. The Labute approximate surface area is 84.5 Å². The number of ether oxygens (including phenoxy) is 1. The van der Waals surface area contributed by atoms with Crippen molar-refractivity contribution in [3.63, 3.8) is 0 Å². The highest BCUT2D eigenvalue weighted by atomic mass is 32.1. The van der Waals surface area contributed by atoms with Crippen LogP contribution in [-0.4, -0.2) is 22.8 Å². The van der Waals surface area contributed by atoms with E-state index in [1.165, 1.54) is 11.3 Å². The molecule has 0 aromatic carbocycles. The molecule has 0 aliphatic carbocycles. The molecule has 0 saturated heterocycles.